The number of aromatic carboxylic acids is 1. The van der Waals surface area contributed by atoms with Gasteiger partial charge in [-0.2, -0.15) is 0 Å². The minimum atomic E-state index is -0.853. The Hall–Kier alpha value is -1.03. The van der Waals surface area contributed by atoms with E-state index in [1.165, 1.54) is 12.8 Å². The second kappa shape index (κ2) is 5.74. The summed E-state index contributed by atoms with van der Waals surface area (Å²) in [5.41, 5.74) is 1.26. The highest BCUT2D eigenvalue weighted by Gasteiger charge is 2.31. The number of carboxylic acid groups (broad SMARTS) is 1. The Kier molecular flexibility index (Phi) is 4.27. The highest BCUT2D eigenvalue weighted by molar-refractivity contribution is 9.10. The third kappa shape index (κ3) is 3.05. The van der Waals surface area contributed by atoms with Crippen LogP contribution >= 0.6 is 15.9 Å². The van der Waals surface area contributed by atoms with Crippen molar-refractivity contribution in [3.05, 3.63) is 28.2 Å². The van der Waals surface area contributed by atoms with Crippen molar-refractivity contribution in [1.29, 1.82) is 0 Å². The van der Waals surface area contributed by atoms with E-state index in [0.717, 1.165) is 29.5 Å². The van der Waals surface area contributed by atoms with Gasteiger partial charge in [0.1, 0.15) is 0 Å². The topological polar surface area (TPSA) is 40.5 Å². The summed E-state index contributed by atoms with van der Waals surface area (Å²) in [5, 5.41) is 9.32. The molecule has 0 aromatic heterocycles. The summed E-state index contributed by atoms with van der Waals surface area (Å²) in [5.74, 6) is -0.853. The van der Waals surface area contributed by atoms with Crippen LogP contribution in [0, 0.1) is 0 Å². The number of rotatable bonds is 6. The summed E-state index contributed by atoms with van der Waals surface area (Å²) in [6, 6.07) is 6.07. The molecule has 0 unspecified atom stereocenters. The van der Waals surface area contributed by atoms with Gasteiger partial charge in [-0.05, 0) is 37.5 Å². The Balaban J connectivity index is 2.30. The number of anilines is 1. The zero-order valence-electron chi connectivity index (χ0n) is 10.5. The van der Waals surface area contributed by atoms with Crippen LogP contribution in [-0.4, -0.2) is 23.7 Å². The second-order valence-electron chi connectivity index (χ2n) is 4.74. The van der Waals surface area contributed by atoms with Crippen molar-refractivity contribution < 1.29 is 9.90 Å². The van der Waals surface area contributed by atoms with Gasteiger partial charge in [-0.3, -0.25) is 0 Å². The molecule has 0 heterocycles. The Morgan fingerprint density at radius 2 is 2.22 bits per heavy atom. The van der Waals surface area contributed by atoms with E-state index < -0.39 is 5.97 Å². The van der Waals surface area contributed by atoms with E-state index in [2.05, 4.69) is 27.8 Å². The van der Waals surface area contributed by atoms with Crippen LogP contribution in [0.5, 0.6) is 0 Å². The summed E-state index contributed by atoms with van der Waals surface area (Å²) in [7, 11) is 0. The number of unbranched alkanes of at least 4 members (excludes halogenated alkanes) is 1. The van der Waals surface area contributed by atoms with Crippen LogP contribution in [-0.2, 0) is 0 Å². The minimum Gasteiger partial charge on any atom is -0.478 e. The van der Waals surface area contributed by atoms with Gasteiger partial charge in [-0.25, -0.2) is 4.79 Å². The lowest BCUT2D eigenvalue weighted by molar-refractivity contribution is 0.0697. The Morgan fingerprint density at radius 1 is 1.50 bits per heavy atom. The fourth-order valence-electron chi connectivity index (χ4n) is 2.14. The van der Waals surface area contributed by atoms with Crippen molar-refractivity contribution >= 4 is 27.6 Å². The van der Waals surface area contributed by atoms with Crippen molar-refractivity contribution in [3.63, 3.8) is 0 Å². The lowest BCUT2D eigenvalue weighted by Crippen LogP contribution is -2.28. The Morgan fingerprint density at radius 3 is 2.78 bits per heavy atom. The van der Waals surface area contributed by atoms with Crippen LogP contribution in [0.1, 0.15) is 43.0 Å². The fourth-order valence-corrected chi connectivity index (χ4v) is 2.51. The van der Waals surface area contributed by atoms with Gasteiger partial charge in [0.15, 0.2) is 0 Å². The molecule has 2 rings (SSSR count). The number of nitrogens with zero attached hydrogens (tertiary/aromatic N) is 1. The van der Waals surface area contributed by atoms with Crippen LogP contribution in [0.3, 0.4) is 0 Å². The van der Waals surface area contributed by atoms with Crippen molar-refractivity contribution in [1.82, 2.24) is 0 Å². The number of carbonyl (C=O) groups is 1. The monoisotopic (exact) mass is 311 g/mol. The molecule has 1 N–H and O–H groups in total. The molecule has 0 radical (unpaired) electrons. The molecule has 0 amide bonds. The molecule has 4 heteroatoms. The lowest BCUT2D eigenvalue weighted by atomic mass is 10.1. The van der Waals surface area contributed by atoms with Crippen molar-refractivity contribution in [2.24, 2.45) is 0 Å². The van der Waals surface area contributed by atoms with Crippen molar-refractivity contribution in [2.45, 2.75) is 38.6 Å². The van der Waals surface area contributed by atoms with Crippen molar-refractivity contribution in [2.75, 3.05) is 11.4 Å². The van der Waals surface area contributed by atoms with Crippen LogP contribution in [0.2, 0.25) is 0 Å². The van der Waals surface area contributed by atoms with Crippen LogP contribution < -0.4 is 4.90 Å². The first kappa shape index (κ1) is 13.4. The van der Waals surface area contributed by atoms with E-state index in [1.807, 2.05) is 12.1 Å². The smallest absolute Gasteiger partial charge is 0.337 e. The first-order valence-electron chi connectivity index (χ1n) is 6.43. The molecule has 18 heavy (non-hydrogen) atoms. The average molecular weight is 312 g/mol. The number of carboxylic acids is 1. The molecule has 1 fully saturated rings. The molecule has 3 nitrogen and oxygen atoms in total. The SMILES string of the molecule is CCCCN(c1ccc(Br)cc1C(=O)O)C1CC1. The quantitative estimate of drug-likeness (QED) is 0.865. The number of halogens is 1. The summed E-state index contributed by atoms with van der Waals surface area (Å²) < 4.78 is 0.815. The molecule has 0 aliphatic heterocycles. The second-order valence-corrected chi connectivity index (χ2v) is 5.66. The molecule has 1 saturated carbocycles. The number of hydrogen-bond donors (Lipinski definition) is 1. The van der Waals surface area contributed by atoms with E-state index in [0.29, 0.717) is 11.6 Å². The van der Waals surface area contributed by atoms with Gasteiger partial charge in [0.2, 0.25) is 0 Å². The van der Waals surface area contributed by atoms with E-state index in [4.69, 9.17) is 0 Å². The fraction of sp³-hybridized carbons (Fsp3) is 0.500. The van der Waals surface area contributed by atoms with E-state index in [9.17, 15) is 9.90 Å². The van der Waals surface area contributed by atoms with E-state index >= 15 is 0 Å². The predicted molar refractivity (Wildman–Crippen MR) is 76.4 cm³/mol. The van der Waals surface area contributed by atoms with E-state index in [-0.39, 0.29) is 0 Å². The summed E-state index contributed by atoms with van der Waals surface area (Å²) in [6.45, 7) is 3.11. The molecule has 0 spiro atoms. The maximum atomic E-state index is 11.3. The molecule has 98 valence electrons. The van der Waals surface area contributed by atoms with Crippen LogP contribution in [0.25, 0.3) is 0 Å². The van der Waals surface area contributed by atoms with Gasteiger partial charge in [0, 0.05) is 17.1 Å². The zero-order chi connectivity index (χ0) is 13.1. The first-order chi connectivity index (χ1) is 8.63. The van der Waals surface area contributed by atoms with Gasteiger partial charge in [0.05, 0.1) is 11.3 Å². The molecular formula is C14H18BrNO2. The Labute approximate surface area is 116 Å². The van der Waals surface area contributed by atoms with Gasteiger partial charge in [0.25, 0.3) is 0 Å². The molecule has 1 aromatic carbocycles. The molecule has 0 atom stereocenters. The standard InChI is InChI=1S/C14H18BrNO2/c1-2-3-8-16(11-5-6-11)13-7-4-10(15)9-12(13)14(17)18/h4,7,9,11H,2-3,5-6,8H2,1H3,(H,17,18). The average Bonchev–Trinajstić information content (AvgIpc) is 3.15. The molecule has 0 bridgehead atoms. The van der Waals surface area contributed by atoms with Crippen LogP contribution in [0.15, 0.2) is 22.7 Å². The normalized spacial score (nSPS) is 14.6. The maximum absolute atomic E-state index is 11.3. The molecule has 0 saturated heterocycles. The highest BCUT2D eigenvalue weighted by Crippen LogP contribution is 2.35. The largest absolute Gasteiger partial charge is 0.478 e. The van der Waals surface area contributed by atoms with E-state index in [1.54, 1.807) is 6.07 Å². The van der Waals surface area contributed by atoms with Gasteiger partial charge >= 0.3 is 5.97 Å². The summed E-state index contributed by atoms with van der Waals surface area (Å²) >= 11 is 3.34. The maximum Gasteiger partial charge on any atom is 0.337 e. The predicted octanol–water partition coefficient (Wildman–Crippen LogP) is 3.92. The highest BCUT2D eigenvalue weighted by atomic mass is 79.9. The number of benzene rings is 1. The third-order valence-electron chi connectivity index (χ3n) is 3.24. The Bertz CT molecular complexity index is 443. The molecule has 1 aliphatic carbocycles. The third-order valence-corrected chi connectivity index (χ3v) is 3.73. The van der Waals surface area contributed by atoms with Gasteiger partial charge in [-0.1, -0.05) is 29.3 Å². The molecular weight excluding hydrogens is 294 g/mol. The minimum absolute atomic E-state index is 0.396. The first-order valence-corrected chi connectivity index (χ1v) is 7.22. The summed E-state index contributed by atoms with van der Waals surface area (Å²) in [4.78, 5) is 13.6. The molecule has 1 aliphatic rings. The number of hydrogen-bond acceptors (Lipinski definition) is 2. The van der Waals surface area contributed by atoms with Gasteiger partial charge in [-0.15, -0.1) is 0 Å². The van der Waals surface area contributed by atoms with Crippen molar-refractivity contribution in [3.8, 4) is 0 Å². The van der Waals surface area contributed by atoms with Gasteiger partial charge < -0.3 is 10.0 Å². The zero-order valence-corrected chi connectivity index (χ0v) is 12.1. The summed E-state index contributed by atoms with van der Waals surface area (Å²) in [6.07, 6.45) is 4.59. The molecule has 1 aromatic rings. The lowest BCUT2D eigenvalue weighted by Gasteiger charge is -2.26. The van der Waals surface area contributed by atoms with Crippen LogP contribution in [0.4, 0.5) is 5.69 Å².